The molecule has 16 heavy (non-hydrogen) atoms. The van der Waals surface area contributed by atoms with Gasteiger partial charge in [-0.15, -0.1) is 0 Å². The second kappa shape index (κ2) is 6.04. The quantitative estimate of drug-likeness (QED) is 0.438. The van der Waals surface area contributed by atoms with Gasteiger partial charge in [0.05, 0.1) is 21.3 Å². The summed E-state index contributed by atoms with van der Waals surface area (Å²) in [4.78, 5) is 3.93. The lowest BCUT2D eigenvalue weighted by atomic mass is 10.2. The molecule has 0 bridgehead atoms. The van der Waals surface area contributed by atoms with E-state index in [2.05, 4.69) is 10.2 Å². The summed E-state index contributed by atoms with van der Waals surface area (Å²) in [5, 5.41) is 11.0. The summed E-state index contributed by atoms with van der Waals surface area (Å²) in [7, 11) is 4.59. The minimum absolute atomic E-state index is 0.0291. The van der Waals surface area contributed by atoms with Crippen LogP contribution in [0.5, 0.6) is 17.2 Å². The molecule has 0 fully saturated rings. The molecular formula is C10H15NO5. The van der Waals surface area contributed by atoms with E-state index >= 15 is 0 Å². The Labute approximate surface area is 93.6 Å². The fourth-order valence-corrected chi connectivity index (χ4v) is 1.30. The third kappa shape index (κ3) is 2.68. The Morgan fingerprint density at radius 2 is 1.62 bits per heavy atom. The number of hydrogen-bond donors (Lipinski definition) is 2. The maximum absolute atomic E-state index is 8.23. The zero-order valence-corrected chi connectivity index (χ0v) is 9.44. The number of methoxy groups -OCH3 is 3. The molecule has 90 valence electrons. The van der Waals surface area contributed by atoms with Crippen molar-refractivity contribution in [3.05, 3.63) is 12.1 Å². The Kier molecular flexibility index (Phi) is 4.68. The van der Waals surface area contributed by atoms with Crippen molar-refractivity contribution < 1.29 is 24.4 Å². The first-order valence-corrected chi connectivity index (χ1v) is 4.57. The highest BCUT2D eigenvalue weighted by molar-refractivity contribution is 5.62. The summed E-state index contributed by atoms with van der Waals surface area (Å²) in [5.74, 6) is 1.57. The topological polar surface area (TPSA) is 69.2 Å². The van der Waals surface area contributed by atoms with Gasteiger partial charge in [0.15, 0.2) is 18.2 Å². The van der Waals surface area contributed by atoms with E-state index in [0.29, 0.717) is 22.9 Å². The molecule has 0 aliphatic carbocycles. The SMILES string of the molecule is COc1cc(NCOO)cc(OC)c1OC. The molecular weight excluding hydrogens is 214 g/mol. The van der Waals surface area contributed by atoms with Gasteiger partial charge in [-0.2, -0.15) is 0 Å². The van der Waals surface area contributed by atoms with Crippen LogP contribution in [0.1, 0.15) is 0 Å². The van der Waals surface area contributed by atoms with Crippen LogP contribution in [0, 0.1) is 0 Å². The van der Waals surface area contributed by atoms with E-state index in [1.807, 2.05) is 0 Å². The van der Waals surface area contributed by atoms with Crippen LogP contribution in [0.15, 0.2) is 12.1 Å². The minimum atomic E-state index is -0.0291. The van der Waals surface area contributed by atoms with Crippen LogP contribution < -0.4 is 19.5 Å². The second-order valence-corrected chi connectivity index (χ2v) is 2.86. The van der Waals surface area contributed by atoms with Crippen LogP contribution in [0.2, 0.25) is 0 Å². The monoisotopic (exact) mass is 229 g/mol. The van der Waals surface area contributed by atoms with Crippen molar-refractivity contribution in [2.24, 2.45) is 0 Å². The summed E-state index contributed by atoms with van der Waals surface area (Å²) in [6.07, 6.45) is 0. The predicted octanol–water partition coefficient (Wildman–Crippen LogP) is 1.57. The van der Waals surface area contributed by atoms with Crippen molar-refractivity contribution in [2.75, 3.05) is 33.4 Å². The van der Waals surface area contributed by atoms with Gasteiger partial charge in [0.25, 0.3) is 0 Å². The van der Waals surface area contributed by atoms with Gasteiger partial charge in [0.1, 0.15) is 0 Å². The van der Waals surface area contributed by atoms with Gasteiger partial charge >= 0.3 is 0 Å². The van der Waals surface area contributed by atoms with E-state index < -0.39 is 0 Å². The number of benzene rings is 1. The average molecular weight is 229 g/mol. The molecule has 1 aromatic carbocycles. The number of anilines is 1. The summed E-state index contributed by atoms with van der Waals surface area (Å²) in [6.45, 7) is -0.0291. The lowest BCUT2D eigenvalue weighted by molar-refractivity contribution is -0.235. The maximum atomic E-state index is 8.23. The summed E-state index contributed by atoms with van der Waals surface area (Å²) >= 11 is 0. The highest BCUT2D eigenvalue weighted by atomic mass is 17.1. The minimum Gasteiger partial charge on any atom is -0.493 e. The number of nitrogens with one attached hydrogen (secondary N) is 1. The second-order valence-electron chi connectivity index (χ2n) is 2.86. The molecule has 0 amide bonds. The molecule has 2 N–H and O–H groups in total. The maximum Gasteiger partial charge on any atom is 0.203 e. The lowest BCUT2D eigenvalue weighted by Crippen LogP contribution is -2.04. The molecule has 6 heteroatoms. The fraction of sp³-hybridized carbons (Fsp3) is 0.400. The van der Waals surface area contributed by atoms with Gasteiger partial charge in [0.2, 0.25) is 5.75 Å². The van der Waals surface area contributed by atoms with E-state index in [9.17, 15) is 0 Å². The molecule has 0 saturated heterocycles. The molecule has 0 saturated carbocycles. The summed E-state index contributed by atoms with van der Waals surface area (Å²) in [6, 6.07) is 3.42. The first kappa shape index (κ1) is 12.4. The van der Waals surface area contributed by atoms with Crippen molar-refractivity contribution in [2.45, 2.75) is 0 Å². The molecule has 1 aromatic rings. The Balaban J connectivity index is 3.05. The molecule has 0 aliphatic heterocycles. The van der Waals surface area contributed by atoms with Crippen molar-refractivity contribution in [1.82, 2.24) is 0 Å². The van der Waals surface area contributed by atoms with Gasteiger partial charge in [-0.3, -0.25) is 0 Å². The molecule has 0 unspecified atom stereocenters. The van der Waals surface area contributed by atoms with Crippen LogP contribution in [-0.2, 0) is 4.89 Å². The zero-order valence-electron chi connectivity index (χ0n) is 9.44. The van der Waals surface area contributed by atoms with Crippen LogP contribution in [0.4, 0.5) is 5.69 Å². The Hall–Kier alpha value is -1.66. The molecule has 0 aliphatic rings. The highest BCUT2D eigenvalue weighted by Gasteiger charge is 2.12. The molecule has 1 rings (SSSR count). The Morgan fingerprint density at radius 3 is 2.00 bits per heavy atom. The van der Waals surface area contributed by atoms with Crippen LogP contribution >= 0.6 is 0 Å². The Bertz CT molecular complexity index is 317. The van der Waals surface area contributed by atoms with Gasteiger partial charge in [-0.1, -0.05) is 0 Å². The van der Waals surface area contributed by atoms with Crippen molar-refractivity contribution in [3.63, 3.8) is 0 Å². The normalized spacial score (nSPS) is 9.75. The van der Waals surface area contributed by atoms with Gasteiger partial charge in [-0.05, 0) is 0 Å². The molecule has 0 atom stereocenters. The van der Waals surface area contributed by atoms with Crippen molar-refractivity contribution >= 4 is 5.69 Å². The zero-order chi connectivity index (χ0) is 12.0. The van der Waals surface area contributed by atoms with Crippen LogP contribution in [0.3, 0.4) is 0 Å². The standard InChI is InChI=1S/C10H15NO5/c1-13-8-4-7(11-6-16-12)5-9(14-2)10(8)15-3/h4-5,11-12H,6H2,1-3H3. The summed E-state index contributed by atoms with van der Waals surface area (Å²) < 4.78 is 15.5. The molecule has 0 spiro atoms. The smallest absolute Gasteiger partial charge is 0.203 e. The van der Waals surface area contributed by atoms with Gasteiger partial charge in [0, 0.05) is 17.8 Å². The van der Waals surface area contributed by atoms with E-state index in [1.54, 1.807) is 12.1 Å². The molecule has 6 nitrogen and oxygen atoms in total. The first-order chi connectivity index (χ1) is 7.76. The van der Waals surface area contributed by atoms with E-state index in [1.165, 1.54) is 21.3 Å². The molecule has 0 radical (unpaired) electrons. The summed E-state index contributed by atoms with van der Waals surface area (Å²) in [5.41, 5.74) is 0.684. The van der Waals surface area contributed by atoms with E-state index in [4.69, 9.17) is 19.5 Å². The fourth-order valence-electron chi connectivity index (χ4n) is 1.30. The lowest BCUT2D eigenvalue weighted by Gasteiger charge is -2.14. The van der Waals surface area contributed by atoms with E-state index in [-0.39, 0.29) is 6.73 Å². The number of ether oxygens (including phenoxy) is 3. The average Bonchev–Trinajstić information content (AvgIpc) is 2.34. The van der Waals surface area contributed by atoms with Crippen LogP contribution in [0.25, 0.3) is 0 Å². The van der Waals surface area contributed by atoms with E-state index in [0.717, 1.165) is 0 Å². The highest BCUT2D eigenvalue weighted by Crippen LogP contribution is 2.39. The third-order valence-electron chi connectivity index (χ3n) is 2.01. The van der Waals surface area contributed by atoms with Crippen LogP contribution in [-0.4, -0.2) is 33.3 Å². The van der Waals surface area contributed by atoms with Gasteiger partial charge in [-0.25, -0.2) is 10.1 Å². The molecule has 0 heterocycles. The first-order valence-electron chi connectivity index (χ1n) is 4.57. The predicted molar refractivity (Wildman–Crippen MR) is 58.3 cm³/mol. The largest absolute Gasteiger partial charge is 0.493 e. The van der Waals surface area contributed by atoms with Crippen molar-refractivity contribution in [1.29, 1.82) is 0 Å². The van der Waals surface area contributed by atoms with Gasteiger partial charge < -0.3 is 19.5 Å². The van der Waals surface area contributed by atoms with Crippen molar-refractivity contribution in [3.8, 4) is 17.2 Å². The Morgan fingerprint density at radius 1 is 1.06 bits per heavy atom. The number of hydrogen-bond acceptors (Lipinski definition) is 6. The third-order valence-corrected chi connectivity index (χ3v) is 2.01. The number of rotatable bonds is 6. The molecule has 0 aromatic heterocycles.